The van der Waals surface area contributed by atoms with Crippen LogP contribution in [0.2, 0.25) is 0 Å². The normalized spacial score (nSPS) is 24.2. The van der Waals surface area contributed by atoms with Gasteiger partial charge in [0.15, 0.2) is 34.7 Å². The van der Waals surface area contributed by atoms with Crippen molar-refractivity contribution in [2.24, 2.45) is 0 Å². The van der Waals surface area contributed by atoms with Crippen molar-refractivity contribution in [1.29, 1.82) is 0 Å². The van der Waals surface area contributed by atoms with Gasteiger partial charge in [0, 0.05) is 12.1 Å². The summed E-state index contributed by atoms with van der Waals surface area (Å²) in [4.78, 5) is 12.5. The predicted octanol–water partition coefficient (Wildman–Crippen LogP) is -0.833. The molecular weight excluding hydrogens is 386 g/mol. The molecule has 154 valence electrons. The summed E-state index contributed by atoms with van der Waals surface area (Å²) >= 11 is 0. The van der Waals surface area contributed by atoms with E-state index in [-0.39, 0.29) is 6.54 Å². The summed E-state index contributed by atoms with van der Waals surface area (Å²) < 4.78 is 6.93. The number of aromatic hydroxyl groups is 3. The fraction of sp³-hybridized carbons (Fsp3) is 0.353. The zero-order valence-electron chi connectivity index (χ0n) is 14.9. The van der Waals surface area contributed by atoms with Gasteiger partial charge in [0.25, 0.3) is 0 Å². The smallest absolute Gasteiger partial charge is 0.200 e. The van der Waals surface area contributed by atoms with Crippen LogP contribution in [0.15, 0.2) is 24.8 Å². The minimum Gasteiger partial charge on any atom is -0.504 e. The second-order valence-electron chi connectivity index (χ2n) is 6.57. The number of fused-ring (bicyclic) bond motifs is 1. The van der Waals surface area contributed by atoms with E-state index in [0.29, 0.717) is 22.5 Å². The van der Waals surface area contributed by atoms with Crippen LogP contribution in [0, 0.1) is 0 Å². The van der Waals surface area contributed by atoms with Crippen LogP contribution in [0.1, 0.15) is 11.8 Å². The maximum Gasteiger partial charge on any atom is 0.200 e. The second kappa shape index (κ2) is 7.33. The van der Waals surface area contributed by atoms with Gasteiger partial charge in [0.05, 0.1) is 12.9 Å². The number of phenolic OH excluding ortho intramolecular Hbond substituents is 3. The molecule has 0 aliphatic carbocycles. The van der Waals surface area contributed by atoms with E-state index < -0.39 is 48.4 Å². The molecule has 0 radical (unpaired) electrons. The van der Waals surface area contributed by atoms with Crippen molar-refractivity contribution in [3.05, 3.63) is 30.4 Å². The van der Waals surface area contributed by atoms with Crippen molar-refractivity contribution in [2.75, 3.05) is 11.9 Å². The molecule has 1 aliphatic heterocycles. The molecule has 12 heteroatoms. The van der Waals surface area contributed by atoms with Gasteiger partial charge in [-0.25, -0.2) is 15.0 Å². The number of hydrogen-bond donors (Lipinski definition) is 7. The Morgan fingerprint density at radius 3 is 2.55 bits per heavy atom. The van der Waals surface area contributed by atoms with Gasteiger partial charge in [0.1, 0.15) is 24.6 Å². The molecule has 1 aromatic carbocycles. The zero-order chi connectivity index (χ0) is 20.7. The first-order valence-electron chi connectivity index (χ1n) is 8.69. The van der Waals surface area contributed by atoms with Crippen LogP contribution < -0.4 is 5.32 Å². The number of aliphatic hydroxyl groups is 3. The quantitative estimate of drug-likeness (QED) is 0.263. The number of aromatic nitrogens is 4. The predicted molar refractivity (Wildman–Crippen MR) is 97.1 cm³/mol. The molecule has 0 amide bonds. The molecule has 3 heterocycles. The molecule has 1 aliphatic rings. The van der Waals surface area contributed by atoms with Crippen molar-refractivity contribution in [3.63, 3.8) is 0 Å². The van der Waals surface area contributed by atoms with Gasteiger partial charge in [0.2, 0.25) is 5.75 Å². The molecule has 0 unspecified atom stereocenters. The van der Waals surface area contributed by atoms with Crippen LogP contribution in [-0.2, 0) is 11.3 Å². The van der Waals surface area contributed by atoms with E-state index in [1.807, 2.05) is 0 Å². The maximum absolute atomic E-state index is 10.2. The number of nitrogens with one attached hydrogen (secondary N) is 1. The number of nitrogens with zero attached hydrogens (tertiary/aromatic N) is 4. The number of ether oxygens (including phenoxy) is 1. The van der Waals surface area contributed by atoms with Crippen molar-refractivity contribution < 1.29 is 35.4 Å². The average Bonchev–Trinajstić information content (AvgIpc) is 3.27. The number of benzene rings is 1. The topological polar surface area (TPSA) is 186 Å². The van der Waals surface area contributed by atoms with Crippen molar-refractivity contribution in [3.8, 4) is 17.2 Å². The summed E-state index contributed by atoms with van der Waals surface area (Å²) in [6, 6.07) is 2.69. The Hall–Kier alpha value is -3.19. The SMILES string of the molecule is OC[C@H]1O[C@@H](n2cnc3c(NCc4ccc(O)c(O)c4O)ncnc32)[C@@H](O)[C@@H]1O. The van der Waals surface area contributed by atoms with Crippen LogP contribution in [0.3, 0.4) is 0 Å². The van der Waals surface area contributed by atoms with E-state index in [9.17, 15) is 30.6 Å². The molecule has 1 saturated heterocycles. The van der Waals surface area contributed by atoms with Gasteiger partial charge < -0.3 is 40.7 Å². The largest absolute Gasteiger partial charge is 0.504 e. The lowest BCUT2D eigenvalue weighted by Gasteiger charge is -2.16. The Balaban J connectivity index is 1.61. The van der Waals surface area contributed by atoms with E-state index in [0.717, 1.165) is 0 Å². The number of imidazole rings is 1. The standard InChI is InChI=1S/C17H19N5O7/c23-4-9-13(27)14(28)17(29-9)22-6-21-10-15(19-5-20-16(10)22)18-3-7-1-2-8(24)12(26)11(7)25/h1-2,5-6,9,13-14,17,23-28H,3-4H2,(H,18,19,20)/t9-,13-,14+,17-/m1/s1. The zero-order valence-corrected chi connectivity index (χ0v) is 14.9. The molecule has 12 nitrogen and oxygen atoms in total. The first-order valence-corrected chi connectivity index (χ1v) is 8.69. The fourth-order valence-electron chi connectivity index (χ4n) is 3.21. The van der Waals surface area contributed by atoms with E-state index >= 15 is 0 Å². The molecule has 2 aromatic heterocycles. The van der Waals surface area contributed by atoms with Crippen molar-refractivity contribution in [1.82, 2.24) is 19.5 Å². The van der Waals surface area contributed by atoms with Crippen molar-refractivity contribution >= 4 is 17.0 Å². The van der Waals surface area contributed by atoms with Crippen LogP contribution in [0.25, 0.3) is 11.2 Å². The monoisotopic (exact) mass is 405 g/mol. The Bertz CT molecular complexity index is 1040. The molecule has 4 rings (SSSR count). The number of phenols is 3. The minimum atomic E-state index is -1.28. The lowest BCUT2D eigenvalue weighted by molar-refractivity contribution is -0.0511. The molecule has 0 bridgehead atoms. The van der Waals surface area contributed by atoms with Crippen LogP contribution in [0.5, 0.6) is 17.2 Å². The first kappa shape index (κ1) is 19.1. The van der Waals surface area contributed by atoms with E-state index in [2.05, 4.69) is 20.3 Å². The maximum atomic E-state index is 10.2. The number of anilines is 1. The van der Waals surface area contributed by atoms with Crippen LogP contribution in [-0.4, -0.2) is 75.1 Å². The highest BCUT2D eigenvalue weighted by atomic mass is 16.6. The molecule has 3 aromatic rings. The highest BCUT2D eigenvalue weighted by Gasteiger charge is 2.44. The molecule has 0 saturated carbocycles. The summed E-state index contributed by atoms with van der Waals surface area (Å²) in [7, 11) is 0. The summed E-state index contributed by atoms with van der Waals surface area (Å²) in [6.45, 7) is -0.390. The Kier molecular flexibility index (Phi) is 4.84. The third-order valence-electron chi connectivity index (χ3n) is 4.81. The summed E-state index contributed by atoms with van der Waals surface area (Å²) in [5.74, 6) is -1.20. The number of rotatable bonds is 5. The second-order valence-corrected chi connectivity index (χ2v) is 6.57. The molecular formula is C17H19N5O7. The van der Waals surface area contributed by atoms with Crippen molar-refractivity contribution in [2.45, 2.75) is 31.1 Å². The van der Waals surface area contributed by atoms with Gasteiger partial charge in [-0.15, -0.1) is 0 Å². The summed E-state index contributed by atoms with van der Waals surface area (Å²) in [6.07, 6.45) is -1.84. The molecule has 0 spiro atoms. The number of hydrogen-bond acceptors (Lipinski definition) is 11. The van der Waals surface area contributed by atoms with E-state index in [1.54, 1.807) is 0 Å². The minimum absolute atomic E-state index is 0.0620. The molecule has 29 heavy (non-hydrogen) atoms. The van der Waals surface area contributed by atoms with Crippen LogP contribution >= 0.6 is 0 Å². The lowest BCUT2D eigenvalue weighted by atomic mass is 10.1. The average molecular weight is 405 g/mol. The highest BCUT2D eigenvalue weighted by molar-refractivity contribution is 5.82. The fourth-order valence-corrected chi connectivity index (χ4v) is 3.21. The Labute approximate surface area is 163 Å². The number of aliphatic hydroxyl groups excluding tert-OH is 3. The third kappa shape index (κ3) is 3.17. The van der Waals surface area contributed by atoms with Gasteiger partial charge in [-0.2, -0.15) is 0 Å². The van der Waals surface area contributed by atoms with Gasteiger partial charge in [-0.1, -0.05) is 0 Å². The molecule has 7 N–H and O–H groups in total. The highest BCUT2D eigenvalue weighted by Crippen LogP contribution is 2.37. The van der Waals surface area contributed by atoms with Gasteiger partial charge >= 0.3 is 0 Å². The Morgan fingerprint density at radius 2 is 1.83 bits per heavy atom. The molecule has 1 fully saturated rings. The molecule has 4 atom stereocenters. The van der Waals surface area contributed by atoms with Gasteiger partial charge in [-0.05, 0) is 12.1 Å². The summed E-state index contributed by atoms with van der Waals surface area (Å²) in [5, 5.41) is 61.4. The van der Waals surface area contributed by atoms with Crippen LogP contribution in [0.4, 0.5) is 5.82 Å². The third-order valence-corrected chi connectivity index (χ3v) is 4.81. The summed E-state index contributed by atoms with van der Waals surface area (Å²) in [5.41, 5.74) is 0.970. The van der Waals surface area contributed by atoms with Gasteiger partial charge in [-0.3, -0.25) is 4.57 Å². The Morgan fingerprint density at radius 1 is 1.03 bits per heavy atom. The van der Waals surface area contributed by atoms with E-state index in [1.165, 1.54) is 29.4 Å². The van der Waals surface area contributed by atoms with E-state index in [4.69, 9.17) is 4.74 Å². The lowest BCUT2D eigenvalue weighted by Crippen LogP contribution is -2.33. The first-order chi connectivity index (χ1) is 13.9.